The molecule has 1 heteroatoms. The summed E-state index contributed by atoms with van der Waals surface area (Å²) in [5, 5.41) is 0. The fourth-order valence-corrected chi connectivity index (χ4v) is 5.44. The zero-order chi connectivity index (χ0) is 17.9. The second-order valence-corrected chi connectivity index (χ2v) is 8.03. The van der Waals surface area contributed by atoms with E-state index in [2.05, 4.69) is 72.8 Å². The van der Waals surface area contributed by atoms with E-state index in [0.717, 1.165) is 19.3 Å². The summed E-state index contributed by atoms with van der Waals surface area (Å²) >= 11 is 0. The molecule has 26 heavy (non-hydrogen) atoms. The van der Waals surface area contributed by atoms with Gasteiger partial charge in [-0.15, -0.1) is 0 Å². The van der Waals surface area contributed by atoms with Crippen LogP contribution in [0.2, 0.25) is 0 Å². The predicted molar refractivity (Wildman–Crippen MR) is 107 cm³/mol. The van der Waals surface area contributed by atoms with E-state index in [0.29, 0.717) is 5.78 Å². The molecular weight excluding hydrogens is 316 g/mol. The SMILES string of the molecule is O=C1CCC2(CCCCC2)C1(/C=C\Cc1ccccc1)c1ccccc1. The van der Waals surface area contributed by atoms with Crippen molar-refractivity contribution >= 4 is 5.78 Å². The molecule has 4 rings (SSSR count). The smallest absolute Gasteiger partial charge is 0.147 e. The van der Waals surface area contributed by atoms with Crippen molar-refractivity contribution in [3.05, 3.63) is 83.9 Å². The van der Waals surface area contributed by atoms with Gasteiger partial charge >= 0.3 is 0 Å². The van der Waals surface area contributed by atoms with Gasteiger partial charge < -0.3 is 0 Å². The van der Waals surface area contributed by atoms with Crippen LogP contribution in [0.1, 0.15) is 56.1 Å². The van der Waals surface area contributed by atoms with Crippen LogP contribution < -0.4 is 0 Å². The second kappa shape index (κ2) is 7.23. The highest BCUT2D eigenvalue weighted by molar-refractivity contribution is 5.96. The lowest BCUT2D eigenvalue weighted by Crippen LogP contribution is -2.45. The van der Waals surface area contributed by atoms with Crippen molar-refractivity contribution < 1.29 is 4.79 Å². The molecule has 0 bridgehead atoms. The van der Waals surface area contributed by atoms with E-state index in [1.807, 2.05) is 0 Å². The van der Waals surface area contributed by atoms with E-state index in [1.54, 1.807) is 0 Å². The molecule has 1 unspecified atom stereocenters. The number of carbonyl (C=O) groups excluding carboxylic acids is 1. The Labute approximate surface area is 157 Å². The molecular formula is C25H28O. The number of hydrogen-bond acceptors (Lipinski definition) is 1. The van der Waals surface area contributed by atoms with E-state index in [4.69, 9.17) is 0 Å². The zero-order valence-electron chi connectivity index (χ0n) is 15.5. The Kier molecular flexibility index (Phi) is 4.80. The lowest BCUT2D eigenvalue weighted by molar-refractivity contribution is -0.123. The average molecular weight is 344 g/mol. The monoisotopic (exact) mass is 344 g/mol. The largest absolute Gasteiger partial charge is 0.298 e. The predicted octanol–water partition coefficient (Wildman–Crippen LogP) is 6.04. The van der Waals surface area contributed by atoms with Gasteiger partial charge in [0.25, 0.3) is 0 Å². The van der Waals surface area contributed by atoms with E-state index in [1.165, 1.54) is 43.2 Å². The van der Waals surface area contributed by atoms with E-state index in [9.17, 15) is 4.79 Å². The van der Waals surface area contributed by atoms with Gasteiger partial charge in [0.2, 0.25) is 0 Å². The first kappa shape index (κ1) is 17.3. The maximum Gasteiger partial charge on any atom is 0.147 e. The number of Topliss-reactive ketones (excluding diaryl/α,β-unsaturated/α-hetero) is 1. The Morgan fingerprint density at radius 1 is 0.808 bits per heavy atom. The molecule has 0 saturated heterocycles. The van der Waals surface area contributed by atoms with Crippen molar-refractivity contribution in [3.8, 4) is 0 Å². The zero-order valence-corrected chi connectivity index (χ0v) is 15.5. The van der Waals surface area contributed by atoms with Gasteiger partial charge in [0, 0.05) is 6.42 Å². The van der Waals surface area contributed by atoms with Gasteiger partial charge in [-0.05, 0) is 42.2 Å². The molecule has 1 spiro atoms. The van der Waals surface area contributed by atoms with Crippen molar-refractivity contribution in [1.29, 1.82) is 0 Å². The maximum atomic E-state index is 13.4. The normalized spacial score (nSPS) is 25.2. The first-order valence-electron chi connectivity index (χ1n) is 10.1. The summed E-state index contributed by atoms with van der Waals surface area (Å²) in [7, 11) is 0. The van der Waals surface area contributed by atoms with E-state index in [-0.39, 0.29) is 5.41 Å². The number of hydrogen-bond donors (Lipinski definition) is 0. The molecule has 0 N–H and O–H groups in total. The third-order valence-electron chi connectivity index (χ3n) is 6.71. The molecule has 0 radical (unpaired) electrons. The van der Waals surface area contributed by atoms with Crippen molar-refractivity contribution in [2.75, 3.05) is 0 Å². The van der Waals surface area contributed by atoms with E-state index < -0.39 is 5.41 Å². The third kappa shape index (κ3) is 2.84. The van der Waals surface area contributed by atoms with Gasteiger partial charge in [-0.1, -0.05) is 92.1 Å². The van der Waals surface area contributed by atoms with Crippen LogP contribution in [-0.2, 0) is 16.6 Å². The fourth-order valence-electron chi connectivity index (χ4n) is 5.44. The molecule has 1 atom stereocenters. The van der Waals surface area contributed by atoms with Gasteiger partial charge in [-0.25, -0.2) is 0 Å². The van der Waals surface area contributed by atoms with Gasteiger partial charge in [-0.2, -0.15) is 0 Å². The summed E-state index contributed by atoms with van der Waals surface area (Å²) in [4.78, 5) is 13.4. The van der Waals surface area contributed by atoms with Crippen LogP contribution in [-0.4, -0.2) is 5.78 Å². The molecule has 0 aliphatic heterocycles. The molecule has 2 aliphatic rings. The van der Waals surface area contributed by atoms with Crippen molar-refractivity contribution in [3.63, 3.8) is 0 Å². The molecule has 2 aromatic rings. The third-order valence-corrected chi connectivity index (χ3v) is 6.71. The van der Waals surface area contributed by atoms with Crippen LogP contribution in [0, 0.1) is 5.41 Å². The van der Waals surface area contributed by atoms with Crippen LogP contribution in [0.3, 0.4) is 0 Å². The fraction of sp³-hybridized carbons (Fsp3) is 0.400. The standard InChI is InChI=1S/C25H28O/c26-23-16-20-24(17-8-3-9-18-24)25(23,22-14-6-2-7-15-22)19-10-13-21-11-4-1-5-12-21/h1-2,4-7,10-12,14-15,19H,3,8-9,13,16-18,20H2/b19-10-. The van der Waals surface area contributed by atoms with Gasteiger partial charge in [0.15, 0.2) is 0 Å². The van der Waals surface area contributed by atoms with Gasteiger partial charge in [-0.3, -0.25) is 4.79 Å². The average Bonchev–Trinajstić information content (AvgIpc) is 2.97. The summed E-state index contributed by atoms with van der Waals surface area (Å²) in [6, 6.07) is 21.1. The summed E-state index contributed by atoms with van der Waals surface area (Å²) in [5.74, 6) is 0.426. The maximum absolute atomic E-state index is 13.4. The Hall–Kier alpha value is -2.15. The summed E-state index contributed by atoms with van der Waals surface area (Å²) in [6.07, 6.45) is 13.4. The Morgan fingerprint density at radius 2 is 1.46 bits per heavy atom. The Bertz CT molecular complexity index is 768. The van der Waals surface area contributed by atoms with Gasteiger partial charge in [0.1, 0.15) is 5.78 Å². The minimum Gasteiger partial charge on any atom is -0.298 e. The molecule has 0 amide bonds. The highest BCUT2D eigenvalue weighted by atomic mass is 16.1. The minimum absolute atomic E-state index is 0.122. The Balaban J connectivity index is 1.76. The van der Waals surface area contributed by atoms with Crippen molar-refractivity contribution in [2.45, 2.75) is 56.8 Å². The van der Waals surface area contributed by atoms with Crippen LogP contribution in [0.4, 0.5) is 0 Å². The molecule has 2 aromatic carbocycles. The first-order valence-corrected chi connectivity index (χ1v) is 10.1. The number of ketones is 1. The van der Waals surface area contributed by atoms with Crippen LogP contribution in [0.25, 0.3) is 0 Å². The molecule has 2 fully saturated rings. The van der Waals surface area contributed by atoms with Crippen molar-refractivity contribution in [1.82, 2.24) is 0 Å². The first-order chi connectivity index (χ1) is 12.8. The second-order valence-electron chi connectivity index (χ2n) is 8.03. The quantitative estimate of drug-likeness (QED) is 0.618. The van der Waals surface area contributed by atoms with Crippen LogP contribution in [0.15, 0.2) is 72.8 Å². The highest BCUT2D eigenvalue weighted by Crippen LogP contribution is 2.60. The van der Waals surface area contributed by atoms with Crippen LogP contribution >= 0.6 is 0 Å². The minimum atomic E-state index is -0.427. The summed E-state index contributed by atoms with van der Waals surface area (Å²) < 4.78 is 0. The lowest BCUT2D eigenvalue weighted by atomic mass is 9.56. The summed E-state index contributed by atoms with van der Waals surface area (Å²) in [5.41, 5.74) is 2.20. The van der Waals surface area contributed by atoms with E-state index >= 15 is 0 Å². The summed E-state index contributed by atoms with van der Waals surface area (Å²) in [6.45, 7) is 0. The number of allylic oxidation sites excluding steroid dienone is 2. The van der Waals surface area contributed by atoms with Crippen molar-refractivity contribution in [2.24, 2.45) is 5.41 Å². The molecule has 2 saturated carbocycles. The molecule has 0 aromatic heterocycles. The number of carbonyl (C=O) groups is 1. The highest BCUT2D eigenvalue weighted by Gasteiger charge is 2.59. The number of rotatable bonds is 4. The molecule has 134 valence electrons. The Morgan fingerprint density at radius 3 is 2.15 bits per heavy atom. The molecule has 2 aliphatic carbocycles. The van der Waals surface area contributed by atoms with Crippen LogP contribution in [0.5, 0.6) is 0 Å². The number of benzene rings is 2. The molecule has 0 heterocycles. The lowest BCUT2D eigenvalue weighted by Gasteiger charge is -2.46. The topological polar surface area (TPSA) is 17.1 Å². The molecule has 1 nitrogen and oxygen atoms in total. The van der Waals surface area contributed by atoms with Gasteiger partial charge in [0.05, 0.1) is 5.41 Å².